The van der Waals surface area contributed by atoms with Gasteiger partial charge in [0.25, 0.3) is 0 Å². The van der Waals surface area contributed by atoms with E-state index in [0.717, 1.165) is 0 Å². The van der Waals surface area contributed by atoms with Gasteiger partial charge in [-0.25, -0.2) is 13.2 Å². The predicted molar refractivity (Wildman–Crippen MR) is 77.6 cm³/mol. The molecule has 1 aromatic carbocycles. The second kappa shape index (κ2) is 7.78. The predicted octanol–water partition coefficient (Wildman–Crippen LogP) is 1.22. The van der Waals surface area contributed by atoms with Crippen LogP contribution in [0.1, 0.15) is 26.2 Å². The van der Waals surface area contributed by atoms with Crippen molar-refractivity contribution in [1.29, 1.82) is 0 Å². The van der Waals surface area contributed by atoms with Gasteiger partial charge in [0.15, 0.2) is 9.84 Å². The molecule has 0 saturated carbocycles. The highest BCUT2D eigenvalue weighted by Crippen LogP contribution is 2.11. The zero-order valence-corrected chi connectivity index (χ0v) is 12.6. The molecular weight excluding hydrogens is 294 g/mol. The van der Waals surface area contributed by atoms with Gasteiger partial charge in [0.1, 0.15) is 6.04 Å². The zero-order chi connectivity index (χ0) is 15.9. The summed E-state index contributed by atoms with van der Waals surface area (Å²) >= 11 is 0. The van der Waals surface area contributed by atoms with E-state index in [1.165, 1.54) is 12.1 Å². The van der Waals surface area contributed by atoms with Gasteiger partial charge in [-0.3, -0.25) is 4.79 Å². The number of sulfone groups is 1. The van der Waals surface area contributed by atoms with E-state index in [4.69, 9.17) is 5.11 Å². The van der Waals surface area contributed by atoms with Crippen molar-refractivity contribution in [2.45, 2.75) is 37.1 Å². The molecule has 1 aromatic rings. The minimum atomic E-state index is -3.53. The van der Waals surface area contributed by atoms with Crippen LogP contribution in [0.4, 0.5) is 0 Å². The first-order valence-corrected chi connectivity index (χ1v) is 8.32. The second-order valence-corrected chi connectivity index (χ2v) is 6.74. The summed E-state index contributed by atoms with van der Waals surface area (Å²) in [6.45, 7) is 1.81. The number of benzene rings is 1. The number of nitrogens with one attached hydrogen (secondary N) is 1. The molecule has 0 aliphatic carbocycles. The number of hydrogen-bond acceptors (Lipinski definition) is 4. The molecule has 0 aliphatic rings. The fourth-order valence-corrected chi connectivity index (χ4v) is 3.05. The van der Waals surface area contributed by atoms with Crippen LogP contribution in [0.25, 0.3) is 0 Å². The lowest BCUT2D eigenvalue weighted by atomic mass is 10.1. The van der Waals surface area contributed by atoms with Crippen molar-refractivity contribution in [2.75, 3.05) is 5.75 Å². The fraction of sp³-hybridized carbons (Fsp3) is 0.429. The molecule has 0 unspecified atom stereocenters. The van der Waals surface area contributed by atoms with Crippen molar-refractivity contribution in [1.82, 2.24) is 5.32 Å². The Morgan fingerprint density at radius 3 is 2.38 bits per heavy atom. The van der Waals surface area contributed by atoms with Crippen molar-refractivity contribution < 1.29 is 23.1 Å². The standard InChI is InChI=1S/C14H19NO5S/c1-2-6-12(14(17)18)15-13(16)9-10-21(19,20)11-7-4-3-5-8-11/h3-5,7-8,12H,2,6,9-10H2,1H3,(H,15,16)(H,17,18)/t12-/m1/s1. The Morgan fingerprint density at radius 2 is 1.86 bits per heavy atom. The Bertz CT molecular complexity index is 583. The number of hydrogen-bond donors (Lipinski definition) is 2. The number of aliphatic carboxylic acids is 1. The van der Waals surface area contributed by atoms with Crippen molar-refractivity contribution in [3.05, 3.63) is 30.3 Å². The SMILES string of the molecule is CCC[C@@H](NC(=O)CCS(=O)(=O)c1ccccc1)C(=O)O. The molecule has 2 N–H and O–H groups in total. The quantitative estimate of drug-likeness (QED) is 0.751. The van der Waals surface area contributed by atoms with Gasteiger partial charge in [0, 0.05) is 6.42 Å². The Balaban J connectivity index is 2.58. The monoisotopic (exact) mass is 313 g/mol. The maximum atomic E-state index is 12.0. The van der Waals surface area contributed by atoms with Crippen LogP contribution in [0.3, 0.4) is 0 Å². The topological polar surface area (TPSA) is 101 Å². The summed E-state index contributed by atoms with van der Waals surface area (Å²) in [5, 5.41) is 11.3. The van der Waals surface area contributed by atoms with E-state index in [1.54, 1.807) is 18.2 Å². The van der Waals surface area contributed by atoms with Crippen molar-refractivity contribution in [2.24, 2.45) is 0 Å². The van der Waals surface area contributed by atoms with Crippen molar-refractivity contribution in [3.8, 4) is 0 Å². The van der Waals surface area contributed by atoms with Gasteiger partial charge < -0.3 is 10.4 Å². The molecule has 7 heteroatoms. The smallest absolute Gasteiger partial charge is 0.326 e. The number of carbonyl (C=O) groups excluding carboxylic acids is 1. The van der Waals surface area contributed by atoms with E-state index >= 15 is 0 Å². The van der Waals surface area contributed by atoms with Crippen LogP contribution in [0.5, 0.6) is 0 Å². The van der Waals surface area contributed by atoms with E-state index in [0.29, 0.717) is 12.8 Å². The first kappa shape index (κ1) is 17.2. The highest BCUT2D eigenvalue weighted by atomic mass is 32.2. The molecule has 1 amide bonds. The van der Waals surface area contributed by atoms with Gasteiger partial charge in [-0.2, -0.15) is 0 Å². The van der Waals surface area contributed by atoms with Crippen LogP contribution in [-0.4, -0.2) is 37.2 Å². The largest absolute Gasteiger partial charge is 0.480 e. The van der Waals surface area contributed by atoms with E-state index in [2.05, 4.69) is 5.32 Å². The molecule has 21 heavy (non-hydrogen) atoms. The van der Waals surface area contributed by atoms with Gasteiger partial charge in [-0.1, -0.05) is 31.5 Å². The molecule has 1 atom stereocenters. The minimum absolute atomic E-state index is 0.154. The molecule has 0 spiro atoms. The normalized spacial score (nSPS) is 12.6. The van der Waals surface area contributed by atoms with Gasteiger partial charge in [0.2, 0.25) is 5.91 Å². The third kappa shape index (κ3) is 5.55. The third-order valence-corrected chi connectivity index (χ3v) is 4.64. The summed E-state index contributed by atoms with van der Waals surface area (Å²) in [6, 6.07) is 6.87. The minimum Gasteiger partial charge on any atom is -0.480 e. The lowest BCUT2D eigenvalue weighted by Crippen LogP contribution is -2.41. The average Bonchev–Trinajstić information content (AvgIpc) is 2.45. The number of carboxylic acid groups (broad SMARTS) is 1. The Kier molecular flexibility index (Phi) is 6.36. The number of carboxylic acids is 1. The van der Waals surface area contributed by atoms with Crippen LogP contribution in [-0.2, 0) is 19.4 Å². The maximum Gasteiger partial charge on any atom is 0.326 e. The molecule has 0 aliphatic heterocycles. The average molecular weight is 313 g/mol. The highest BCUT2D eigenvalue weighted by molar-refractivity contribution is 7.91. The number of carbonyl (C=O) groups is 2. The summed E-state index contributed by atoms with van der Waals surface area (Å²) in [4.78, 5) is 22.7. The van der Waals surface area contributed by atoms with E-state index in [1.807, 2.05) is 6.92 Å². The third-order valence-electron chi connectivity index (χ3n) is 2.91. The lowest BCUT2D eigenvalue weighted by molar-refractivity contribution is -0.142. The summed E-state index contributed by atoms with van der Waals surface area (Å²) in [5.74, 6) is -2.03. The Hall–Kier alpha value is -1.89. The first-order valence-electron chi connectivity index (χ1n) is 6.66. The van der Waals surface area contributed by atoms with E-state index in [9.17, 15) is 18.0 Å². The van der Waals surface area contributed by atoms with E-state index in [-0.39, 0.29) is 17.1 Å². The molecule has 0 heterocycles. The Morgan fingerprint density at radius 1 is 1.24 bits per heavy atom. The van der Waals surface area contributed by atoms with Gasteiger partial charge in [0.05, 0.1) is 10.6 Å². The molecule has 1 rings (SSSR count). The van der Waals surface area contributed by atoms with Gasteiger partial charge in [-0.05, 0) is 18.6 Å². The first-order chi connectivity index (χ1) is 9.86. The fourth-order valence-electron chi connectivity index (χ4n) is 1.79. The Labute approximate surface area is 124 Å². The highest BCUT2D eigenvalue weighted by Gasteiger charge is 2.21. The molecule has 116 valence electrons. The van der Waals surface area contributed by atoms with Gasteiger partial charge in [-0.15, -0.1) is 0 Å². The molecule has 6 nitrogen and oxygen atoms in total. The summed E-state index contributed by atoms with van der Waals surface area (Å²) in [5.41, 5.74) is 0. The zero-order valence-electron chi connectivity index (χ0n) is 11.8. The van der Waals surface area contributed by atoms with Crippen LogP contribution in [0, 0.1) is 0 Å². The molecule has 0 bridgehead atoms. The second-order valence-electron chi connectivity index (χ2n) is 4.63. The molecule has 0 saturated heterocycles. The summed E-state index contributed by atoms with van der Waals surface area (Å²) in [6.07, 6.45) is 0.663. The lowest BCUT2D eigenvalue weighted by Gasteiger charge is -2.13. The van der Waals surface area contributed by atoms with E-state index < -0.39 is 27.8 Å². The molecule has 0 radical (unpaired) electrons. The number of amides is 1. The van der Waals surface area contributed by atoms with Crippen LogP contribution in [0.2, 0.25) is 0 Å². The van der Waals surface area contributed by atoms with Crippen LogP contribution in [0.15, 0.2) is 35.2 Å². The van der Waals surface area contributed by atoms with Crippen LogP contribution < -0.4 is 5.32 Å². The molecule has 0 aromatic heterocycles. The molecule has 0 fully saturated rings. The maximum absolute atomic E-state index is 12.0. The summed E-state index contributed by atoms with van der Waals surface area (Å²) < 4.78 is 24.0. The summed E-state index contributed by atoms with van der Waals surface area (Å²) in [7, 11) is -3.53. The van der Waals surface area contributed by atoms with Gasteiger partial charge >= 0.3 is 5.97 Å². The van der Waals surface area contributed by atoms with Crippen molar-refractivity contribution in [3.63, 3.8) is 0 Å². The number of rotatable bonds is 8. The molecular formula is C14H19NO5S. The van der Waals surface area contributed by atoms with Crippen molar-refractivity contribution >= 4 is 21.7 Å². The van der Waals surface area contributed by atoms with Crippen LogP contribution >= 0.6 is 0 Å².